The number of terminal acetylenes is 1. The predicted molar refractivity (Wildman–Crippen MR) is 68.8 cm³/mol. The van der Waals surface area contributed by atoms with Crippen LogP contribution in [-0.2, 0) is 11.2 Å². The summed E-state index contributed by atoms with van der Waals surface area (Å²) in [5.41, 5.74) is 1.35. The molecule has 1 amide bonds. The Kier molecular flexibility index (Phi) is 3.63. The highest BCUT2D eigenvalue weighted by molar-refractivity contribution is 5.86. The third kappa shape index (κ3) is 2.35. The lowest BCUT2D eigenvalue weighted by Gasteiger charge is -2.16. The van der Waals surface area contributed by atoms with E-state index >= 15 is 0 Å². The van der Waals surface area contributed by atoms with Crippen molar-refractivity contribution >= 4 is 16.9 Å². The number of likely N-dealkylation sites (N-methyl/N-ethyl adjacent to an activating group) is 1. The fourth-order valence-electron chi connectivity index (χ4n) is 1.81. The van der Waals surface area contributed by atoms with Crippen molar-refractivity contribution in [3.05, 3.63) is 30.0 Å². The zero-order valence-corrected chi connectivity index (χ0v) is 10.2. The minimum Gasteiger partial charge on any atom is -0.356 e. The predicted octanol–water partition coefficient (Wildman–Crippen LogP) is 1.85. The third-order valence-electron chi connectivity index (χ3n) is 2.79. The minimum atomic E-state index is -0.0329. The molecule has 0 radical (unpaired) electrons. The molecule has 92 valence electrons. The molecule has 0 fully saturated rings. The molecule has 0 unspecified atom stereocenters. The van der Waals surface area contributed by atoms with Gasteiger partial charge in [0.05, 0.1) is 13.0 Å². The van der Waals surface area contributed by atoms with E-state index < -0.39 is 0 Å². The Bertz CT molecular complexity index is 595. The number of carbonyl (C=O) groups excluding carboxylic acids is 1. The highest BCUT2D eigenvalue weighted by Crippen LogP contribution is 2.18. The van der Waals surface area contributed by atoms with Gasteiger partial charge >= 0.3 is 0 Å². The van der Waals surface area contributed by atoms with E-state index in [1.54, 1.807) is 4.90 Å². The molecule has 4 heteroatoms. The van der Waals surface area contributed by atoms with Crippen molar-refractivity contribution in [2.45, 2.75) is 13.3 Å². The van der Waals surface area contributed by atoms with Crippen LogP contribution in [0.2, 0.25) is 0 Å². The molecule has 0 aliphatic rings. The van der Waals surface area contributed by atoms with E-state index in [0.717, 1.165) is 5.39 Å². The van der Waals surface area contributed by atoms with Crippen LogP contribution in [0.3, 0.4) is 0 Å². The Morgan fingerprint density at radius 2 is 2.28 bits per heavy atom. The van der Waals surface area contributed by atoms with Crippen molar-refractivity contribution in [3.8, 4) is 12.3 Å². The van der Waals surface area contributed by atoms with Crippen molar-refractivity contribution in [1.29, 1.82) is 0 Å². The van der Waals surface area contributed by atoms with Gasteiger partial charge in [0.2, 0.25) is 5.91 Å². The molecule has 1 aromatic heterocycles. The lowest BCUT2D eigenvalue weighted by atomic mass is 10.1. The van der Waals surface area contributed by atoms with Crippen LogP contribution in [0.4, 0.5) is 0 Å². The van der Waals surface area contributed by atoms with Gasteiger partial charge in [0.15, 0.2) is 5.58 Å². The van der Waals surface area contributed by atoms with E-state index in [-0.39, 0.29) is 12.3 Å². The Hall–Kier alpha value is -2.28. The fraction of sp³-hybridized carbons (Fsp3) is 0.286. The van der Waals surface area contributed by atoms with Crippen LogP contribution in [0.15, 0.2) is 28.8 Å². The molecule has 0 saturated carbocycles. The number of nitrogens with zero attached hydrogens (tertiary/aromatic N) is 2. The fourth-order valence-corrected chi connectivity index (χ4v) is 1.81. The highest BCUT2D eigenvalue weighted by Gasteiger charge is 2.15. The topological polar surface area (TPSA) is 46.3 Å². The monoisotopic (exact) mass is 242 g/mol. The first-order valence-electron chi connectivity index (χ1n) is 5.80. The van der Waals surface area contributed by atoms with Gasteiger partial charge < -0.3 is 9.42 Å². The van der Waals surface area contributed by atoms with Crippen LogP contribution in [0, 0.1) is 12.3 Å². The smallest absolute Gasteiger partial charge is 0.229 e. The Morgan fingerprint density at radius 1 is 1.50 bits per heavy atom. The van der Waals surface area contributed by atoms with Gasteiger partial charge in [-0.3, -0.25) is 4.79 Å². The molecular weight excluding hydrogens is 228 g/mol. The molecule has 0 saturated heterocycles. The summed E-state index contributed by atoms with van der Waals surface area (Å²) in [6, 6.07) is 7.49. The molecule has 2 rings (SSSR count). The molecule has 1 aromatic carbocycles. The van der Waals surface area contributed by atoms with Gasteiger partial charge in [-0.25, -0.2) is 0 Å². The first-order chi connectivity index (χ1) is 8.76. The standard InChI is InChI=1S/C14H14N2O2/c1-3-9-16(4-2)14(17)10-12-11-7-5-6-8-13(11)18-15-12/h1,5-8H,4,9-10H2,2H3. The molecule has 0 N–H and O–H groups in total. The van der Waals surface area contributed by atoms with Gasteiger partial charge in [-0.15, -0.1) is 6.42 Å². The number of fused-ring (bicyclic) bond motifs is 1. The molecule has 18 heavy (non-hydrogen) atoms. The van der Waals surface area contributed by atoms with Crippen LogP contribution in [-0.4, -0.2) is 29.1 Å². The van der Waals surface area contributed by atoms with Crippen molar-refractivity contribution < 1.29 is 9.32 Å². The summed E-state index contributed by atoms with van der Waals surface area (Å²) in [5, 5.41) is 4.82. The van der Waals surface area contributed by atoms with Crippen LogP contribution in [0.5, 0.6) is 0 Å². The van der Waals surface area contributed by atoms with E-state index in [9.17, 15) is 4.79 Å². The second-order valence-corrected chi connectivity index (χ2v) is 3.91. The van der Waals surface area contributed by atoms with Crippen molar-refractivity contribution in [1.82, 2.24) is 10.1 Å². The summed E-state index contributed by atoms with van der Waals surface area (Å²) in [5.74, 6) is 2.44. The number of para-hydroxylation sites is 1. The lowest BCUT2D eigenvalue weighted by molar-refractivity contribution is -0.129. The van der Waals surface area contributed by atoms with Gasteiger partial charge in [0.1, 0.15) is 5.69 Å². The molecule has 0 aliphatic heterocycles. The number of hydrogen-bond acceptors (Lipinski definition) is 3. The quantitative estimate of drug-likeness (QED) is 0.769. The molecule has 0 bridgehead atoms. The Morgan fingerprint density at radius 3 is 3.00 bits per heavy atom. The normalized spacial score (nSPS) is 10.2. The zero-order valence-electron chi connectivity index (χ0n) is 10.2. The summed E-state index contributed by atoms with van der Waals surface area (Å²) in [6.45, 7) is 2.82. The van der Waals surface area contributed by atoms with Crippen LogP contribution in [0.25, 0.3) is 11.0 Å². The molecule has 0 aliphatic carbocycles. The molecule has 0 atom stereocenters. The second kappa shape index (κ2) is 5.37. The second-order valence-electron chi connectivity index (χ2n) is 3.91. The maximum absolute atomic E-state index is 12.0. The molecule has 1 heterocycles. The highest BCUT2D eigenvalue weighted by atomic mass is 16.5. The Labute approximate surface area is 106 Å². The average molecular weight is 242 g/mol. The number of amides is 1. The lowest BCUT2D eigenvalue weighted by Crippen LogP contribution is -2.32. The van der Waals surface area contributed by atoms with E-state index in [1.807, 2.05) is 31.2 Å². The van der Waals surface area contributed by atoms with Crippen molar-refractivity contribution in [2.24, 2.45) is 0 Å². The molecular formula is C14H14N2O2. The first kappa shape index (κ1) is 12.2. The largest absolute Gasteiger partial charge is 0.356 e. The maximum atomic E-state index is 12.0. The molecule has 2 aromatic rings. The summed E-state index contributed by atoms with van der Waals surface area (Å²) in [6.07, 6.45) is 5.44. The van der Waals surface area contributed by atoms with E-state index in [2.05, 4.69) is 11.1 Å². The zero-order chi connectivity index (χ0) is 13.0. The van der Waals surface area contributed by atoms with Crippen molar-refractivity contribution in [3.63, 3.8) is 0 Å². The van der Waals surface area contributed by atoms with E-state index in [0.29, 0.717) is 24.4 Å². The number of rotatable bonds is 4. The first-order valence-corrected chi connectivity index (χ1v) is 5.80. The van der Waals surface area contributed by atoms with Crippen molar-refractivity contribution in [2.75, 3.05) is 13.1 Å². The Balaban J connectivity index is 2.19. The van der Waals surface area contributed by atoms with Crippen LogP contribution >= 0.6 is 0 Å². The summed E-state index contributed by atoms with van der Waals surface area (Å²) < 4.78 is 5.16. The van der Waals surface area contributed by atoms with E-state index in [4.69, 9.17) is 10.9 Å². The number of aromatic nitrogens is 1. The molecule has 0 spiro atoms. The third-order valence-corrected chi connectivity index (χ3v) is 2.79. The van der Waals surface area contributed by atoms with Gasteiger partial charge in [-0.1, -0.05) is 23.2 Å². The SMILES string of the molecule is C#CCN(CC)C(=O)Cc1noc2ccccc12. The number of hydrogen-bond donors (Lipinski definition) is 0. The van der Waals surface area contributed by atoms with Gasteiger partial charge in [-0.05, 0) is 19.1 Å². The summed E-state index contributed by atoms with van der Waals surface area (Å²) in [7, 11) is 0. The summed E-state index contributed by atoms with van der Waals surface area (Å²) >= 11 is 0. The van der Waals surface area contributed by atoms with Crippen LogP contribution < -0.4 is 0 Å². The number of carbonyl (C=O) groups is 1. The van der Waals surface area contributed by atoms with Gasteiger partial charge in [0.25, 0.3) is 0 Å². The molecule has 4 nitrogen and oxygen atoms in total. The average Bonchev–Trinajstić information content (AvgIpc) is 2.79. The van der Waals surface area contributed by atoms with Gasteiger partial charge in [0, 0.05) is 11.9 Å². The van der Waals surface area contributed by atoms with E-state index in [1.165, 1.54) is 0 Å². The number of benzene rings is 1. The summed E-state index contributed by atoms with van der Waals surface area (Å²) in [4.78, 5) is 13.6. The van der Waals surface area contributed by atoms with Crippen LogP contribution in [0.1, 0.15) is 12.6 Å². The maximum Gasteiger partial charge on any atom is 0.229 e. The van der Waals surface area contributed by atoms with Gasteiger partial charge in [-0.2, -0.15) is 0 Å². The minimum absolute atomic E-state index is 0.0329.